The molecule has 0 N–H and O–H groups in total. The second-order valence-corrected chi connectivity index (χ2v) is 4.12. The number of nitrogens with zero attached hydrogens (tertiary/aromatic N) is 1. The summed E-state index contributed by atoms with van der Waals surface area (Å²) >= 11 is 0. The molecule has 1 heterocycles. The molecule has 0 unspecified atom stereocenters. The van der Waals surface area contributed by atoms with Crippen LogP contribution in [0.2, 0.25) is 0 Å². The van der Waals surface area contributed by atoms with Gasteiger partial charge in [-0.3, -0.25) is 0 Å². The lowest BCUT2D eigenvalue weighted by Crippen LogP contribution is -2.21. The standard InChI is InChI=1S/C13H17N/c1-9-5-7-12-8-6-10(2)14(4)13(12)11(9)3/h5-7H,8H2,1-4H3. The van der Waals surface area contributed by atoms with E-state index in [4.69, 9.17) is 0 Å². The first-order chi connectivity index (χ1) is 6.61. The fourth-order valence-electron chi connectivity index (χ4n) is 2.06. The molecule has 1 nitrogen and oxygen atoms in total. The van der Waals surface area contributed by atoms with E-state index in [1.807, 2.05) is 0 Å². The predicted octanol–water partition coefficient (Wildman–Crippen LogP) is 3.20. The van der Waals surface area contributed by atoms with Crippen LogP contribution >= 0.6 is 0 Å². The fraction of sp³-hybridized carbons (Fsp3) is 0.385. The molecular formula is C13H17N. The lowest BCUT2D eigenvalue weighted by Gasteiger charge is -2.29. The van der Waals surface area contributed by atoms with E-state index in [2.05, 4.69) is 50.9 Å². The minimum absolute atomic E-state index is 1.08. The van der Waals surface area contributed by atoms with Crippen molar-refractivity contribution in [2.75, 3.05) is 11.9 Å². The molecule has 0 atom stereocenters. The van der Waals surface area contributed by atoms with Gasteiger partial charge in [0.05, 0.1) is 0 Å². The normalized spacial score (nSPS) is 15.1. The van der Waals surface area contributed by atoms with Gasteiger partial charge in [-0.05, 0) is 43.9 Å². The Morgan fingerprint density at radius 2 is 1.86 bits per heavy atom. The quantitative estimate of drug-likeness (QED) is 0.603. The summed E-state index contributed by atoms with van der Waals surface area (Å²) in [7, 11) is 2.15. The largest absolute Gasteiger partial charge is 0.348 e. The predicted molar refractivity (Wildman–Crippen MR) is 61.8 cm³/mol. The Kier molecular flexibility index (Phi) is 2.10. The van der Waals surface area contributed by atoms with Gasteiger partial charge in [-0.15, -0.1) is 0 Å². The maximum atomic E-state index is 2.29. The molecule has 0 spiro atoms. The summed E-state index contributed by atoms with van der Waals surface area (Å²) in [5.41, 5.74) is 7.00. The third-order valence-electron chi connectivity index (χ3n) is 3.27. The van der Waals surface area contributed by atoms with Crippen molar-refractivity contribution in [1.29, 1.82) is 0 Å². The Balaban J connectivity index is 2.62. The van der Waals surface area contributed by atoms with Crippen LogP contribution in [0, 0.1) is 13.8 Å². The molecule has 14 heavy (non-hydrogen) atoms. The smallest absolute Gasteiger partial charge is 0.0473 e. The van der Waals surface area contributed by atoms with Gasteiger partial charge in [0.2, 0.25) is 0 Å². The van der Waals surface area contributed by atoms with Crippen molar-refractivity contribution in [2.24, 2.45) is 0 Å². The average Bonchev–Trinajstić information content (AvgIpc) is 2.17. The van der Waals surface area contributed by atoms with E-state index in [0.717, 1.165) is 6.42 Å². The van der Waals surface area contributed by atoms with Gasteiger partial charge in [0.15, 0.2) is 0 Å². The van der Waals surface area contributed by atoms with Crippen LogP contribution in [0.5, 0.6) is 0 Å². The van der Waals surface area contributed by atoms with E-state index >= 15 is 0 Å². The van der Waals surface area contributed by atoms with Crippen LogP contribution < -0.4 is 4.90 Å². The van der Waals surface area contributed by atoms with Crippen molar-refractivity contribution in [3.8, 4) is 0 Å². The number of anilines is 1. The minimum atomic E-state index is 1.08. The van der Waals surface area contributed by atoms with Gasteiger partial charge >= 0.3 is 0 Å². The Hall–Kier alpha value is -1.24. The number of aryl methyl sites for hydroxylation is 1. The van der Waals surface area contributed by atoms with Crippen molar-refractivity contribution in [3.05, 3.63) is 40.6 Å². The number of allylic oxidation sites excluding steroid dienone is 2. The highest BCUT2D eigenvalue weighted by Crippen LogP contribution is 2.32. The molecule has 1 aromatic rings. The van der Waals surface area contributed by atoms with Crippen LogP contribution in [0.3, 0.4) is 0 Å². The Bertz CT molecular complexity index is 402. The Labute approximate surface area is 86.1 Å². The summed E-state index contributed by atoms with van der Waals surface area (Å²) in [4.78, 5) is 2.29. The molecule has 0 fully saturated rings. The summed E-state index contributed by atoms with van der Waals surface area (Å²) in [6.45, 7) is 6.56. The van der Waals surface area contributed by atoms with Crippen LogP contribution in [0.4, 0.5) is 5.69 Å². The van der Waals surface area contributed by atoms with Crippen LogP contribution in [0.25, 0.3) is 0 Å². The lowest BCUT2D eigenvalue weighted by atomic mass is 9.97. The summed E-state index contributed by atoms with van der Waals surface area (Å²) in [5, 5.41) is 0. The summed E-state index contributed by atoms with van der Waals surface area (Å²) in [5.74, 6) is 0. The summed E-state index contributed by atoms with van der Waals surface area (Å²) in [6, 6.07) is 4.47. The number of fused-ring (bicyclic) bond motifs is 1. The highest BCUT2D eigenvalue weighted by molar-refractivity contribution is 5.66. The highest BCUT2D eigenvalue weighted by Gasteiger charge is 2.16. The molecule has 2 rings (SSSR count). The number of hydrogen-bond acceptors (Lipinski definition) is 1. The van der Waals surface area contributed by atoms with E-state index in [1.54, 1.807) is 0 Å². The third-order valence-corrected chi connectivity index (χ3v) is 3.27. The zero-order chi connectivity index (χ0) is 10.3. The Morgan fingerprint density at radius 3 is 2.57 bits per heavy atom. The first kappa shape index (κ1) is 9.32. The van der Waals surface area contributed by atoms with Gasteiger partial charge in [-0.1, -0.05) is 18.2 Å². The Morgan fingerprint density at radius 1 is 1.14 bits per heavy atom. The van der Waals surface area contributed by atoms with Crippen molar-refractivity contribution in [1.82, 2.24) is 0 Å². The second kappa shape index (κ2) is 3.16. The maximum Gasteiger partial charge on any atom is 0.0473 e. The van der Waals surface area contributed by atoms with E-state index in [9.17, 15) is 0 Å². The molecule has 0 bridgehead atoms. The lowest BCUT2D eigenvalue weighted by molar-refractivity contribution is 0.992. The van der Waals surface area contributed by atoms with E-state index < -0.39 is 0 Å². The molecule has 0 aliphatic carbocycles. The first-order valence-electron chi connectivity index (χ1n) is 5.11. The van der Waals surface area contributed by atoms with Crippen molar-refractivity contribution in [2.45, 2.75) is 27.2 Å². The molecule has 0 aromatic heterocycles. The molecule has 1 aromatic carbocycles. The number of hydrogen-bond donors (Lipinski definition) is 0. The van der Waals surface area contributed by atoms with Gasteiger partial charge in [-0.25, -0.2) is 0 Å². The van der Waals surface area contributed by atoms with Crippen LogP contribution in [-0.2, 0) is 6.42 Å². The molecule has 1 heteroatoms. The van der Waals surface area contributed by atoms with Gasteiger partial charge in [0, 0.05) is 18.4 Å². The average molecular weight is 187 g/mol. The maximum absolute atomic E-state index is 2.29. The molecule has 0 radical (unpaired) electrons. The topological polar surface area (TPSA) is 3.24 Å². The highest BCUT2D eigenvalue weighted by atomic mass is 15.1. The summed E-state index contributed by atoms with van der Waals surface area (Å²) in [6.07, 6.45) is 3.36. The molecule has 0 amide bonds. The van der Waals surface area contributed by atoms with E-state index in [1.165, 1.54) is 28.1 Å². The third kappa shape index (κ3) is 1.24. The molecule has 74 valence electrons. The van der Waals surface area contributed by atoms with Gasteiger partial charge < -0.3 is 4.90 Å². The van der Waals surface area contributed by atoms with Gasteiger partial charge in [0.25, 0.3) is 0 Å². The van der Waals surface area contributed by atoms with E-state index in [0.29, 0.717) is 0 Å². The zero-order valence-electron chi connectivity index (χ0n) is 9.39. The molecule has 0 saturated carbocycles. The SMILES string of the molecule is CC1=CCc2ccc(C)c(C)c2N1C. The van der Waals surface area contributed by atoms with Crippen molar-refractivity contribution < 1.29 is 0 Å². The zero-order valence-corrected chi connectivity index (χ0v) is 9.39. The van der Waals surface area contributed by atoms with Crippen LogP contribution in [0.15, 0.2) is 23.9 Å². The number of rotatable bonds is 0. The van der Waals surface area contributed by atoms with E-state index in [-0.39, 0.29) is 0 Å². The van der Waals surface area contributed by atoms with Gasteiger partial charge in [0.1, 0.15) is 0 Å². The molecule has 0 saturated heterocycles. The summed E-state index contributed by atoms with van der Waals surface area (Å²) < 4.78 is 0. The van der Waals surface area contributed by atoms with Crippen molar-refractivity contribution >= 4 is 5.69 Å². The van der Waals surface area contributed by atoms with Crippen LogP contribution in [-0.4, -0.2) is 7.05 Å². The van der Waals surface area contributed by atoms with Crippen molar-refractivity contribution in [3.63, 3.8) is 0 Å². The van der Waals surface area contributed by atoms with Crippen LogP contribution in [0.1, 0.15) is 23.6 Å². The van der Waals surface area contributed by atoms with Gasteiger partial charge in [-0.2, -0.15) is 0 Å². The second-order valence-electron chi connectivity index (χ2n) is 4.12. The monoisotopic (exact) mass is 187 g/mol. The number of benzene rings is 1. The molecule has 1 aliphatic heterocycles. The minimum Gasteiger partial charge on any atom is -0.348 e. The fourth-order valence-corrected chi connectivity index (χ4v) is 2.06. The molecular weight excluding hydrogens is 170 g/mol. The first-order valence-corrected chi connectivity index (χ1v) is 5.11. The molecule has 1 aliphatic rings.